The number of nitrogens with one attached hydrogen (secondary N) is 2. The van der Waals surface area contributed by atoms with Crippen LogP contribution in [0.15, 0.2) is 4.34 Å². The van der Waals surface area contributed by atoms with Crippen molar-refractivity contribution < 1.29 is 10.0 Å². The average molecular weight is 192 g/mol. The fourth-order valence-electron chi connectivity index (χ4n) is 0.391. The summed E-state index contributed by atoms with van der Waals surface area (Å²) in [5.74, 6) is 0. The Bertz CT molecular complexity index is 262. The Balaban J connectivity index is 2.57. The lowest BCUT2D eigenvalue weighted by Gasteiger charge is -1.94. The third-order valence-electron chi connectivity index (χ3n) is 0.736. The van der Waals surface area contributed by atoms with E-state index in [0.717, 1.165) is 11.3 Å². The summed E-state index contributed by atoms with van der Waals surface area (Å²) in [6.45, 7) is 0. The van der Waals surface area contributed by atoms with Crippen molar-refractivity contribution in [1.29, 1.82) is 0 Å². The molecule has 0 saturated carbocycles. The Morgan fingerprint density at radius 1 is 1.64 bits per heavy atom. The van der Waals surface area contributed by atoms with E-state index in [0.29, 0.717) is 4.34 Å². The van der Waals surface area contributed by atoms with E-state index >= 15 is 0 Å². The number of rotatable bonds is 1. The van der Waals surface area contributed by atoms with Gasteiger partial charge >= 0.3 is 6.03 Å². The highest BCUT2D eigenvalue weighted by atomic mass is 32.2. The molecule has 0 radical (unpaired) electrons. The molecule has 3 N–H and O–H groups in total. The van der Waals surface area contributed by atoms with Crippen LogP contribution in [0.4, 0.5) is 9.93 Å². The molecule has 1 aromatic rings. The Labute approximate surface area is 71.0 Å². The number of hydrogen-bond donors (Lipinski definition) is 4. The van der Waals surface area contributed by atoms with Crippen molar-refractivity contribution in [3.63, 3.8) is 0 Å². The summed E-state index contributed by atoms with van der Waals surface area (Å²) in [5, 5.41) is 17.6. The van der Waals surface area contributed by atoms with E-state index in [4.69, 9.17) is 5.21 Å². The predicted molar refractivity (Wildman–Crippen MR) is 41.1 cm³/mol. The minimum Gasteiger partial charge on any atom is -0.287 e. The summed E-state index contributed by atoms with van der Waals surface area (Å²) >= 11 is 4.96. The van der Waals surface area contributed by atoms with Gasteiger partial charge in [-0.1, -0.05) is 11.3 Å². The second-order valence-electron chi connectivity index (χ2n) is 1.46. The standard InChI is InChI=1S/C3H4N4O2S2/c8-1(7-9)4-2-5-6-3(10)11-2/h9H,(H,6,10)(H2,4,5,7,8). The zero-order chi connectivity index (χ0) is 8.27. The van der Waals surface area contributed by atoms with Crippen molar-refractivity contribution in [3.05, 3.63) is 0 Å². The van der Waals surface area contributed by atoms with E-state index in [9.17, 15) is 4.79 Å². The number of hydroxylamine groups is 1. The van der Waals surface area contributed by atoms with Gasteiger partial charge in [-0.15, -0.1) is 22.8 Å². The number of nitrogens with zero attached hydrogens (tertiary/aromatic N) is 2. The van der Waals surface area contributed by atoms with Crippen molar-refractivity contribution in [1.82, 2.24) is 15.7 Å². The first-order chi connectivity index (χ1) is 5.22. The Kier molecular flexibility index (Phi) is 2.63. The molecular formula is C3H4N4O2S2. The predicted octanol–water partition coefficient (Wildman–Crippen LogP) is 0.337. The van der Waals surface area contributed by atoms with Crippen LogP contribution in [0.2, 0.25) is 0 Å². The van der Waals surface area contributed by atoms with E-state index in [1.165, 1.54) is 5.48 Å². The van der Waals surface area contributed by atoms with Crippen LogP contribution in [0.1, 0.15) is 0 Å². The lowest BCUT2D eigenvalue weighted by atomic mass is 11.0. The van der Waals surface area contributed by atoms with Gasteiger partial charge in [0, 0.05) is 0 Å². The molecular weight excluding hydrogens is 188 g/mol. The van der Waals surface area contributed by atoms with Gasteiger partial charge in [0.15, 0.2) is 4.34 Å². The first kappa shape index (κ1) is 8.24. The Hall–Kier alpha value is -0.860. The minimum absolute atomic E-state index is 0.279. The van der Waals surface area contributed by atoms with Gasteiger partial charge in [0.25, 0.3) is 0 Å². The van der Waals surface area contributed by atoms with Crippen LogP contribution < -0.4 is 10.8 Å². The Morgan fingerprint density at radius 3 is 2.82 bits per heavy atom. The molecule has 0 unspecified atom stereocenters. The highest BCUT2D eigenvalue weighted by Gasteiger charge is 2.03. The maximum absolute atomic E-state index is 10.4. The molecule has 6 nitrogen and oxygen atoms in total. The molecule has 0 bridgehead atoms. The molecule has 2 amide bonds. The van der Waals surface area contributed by atoms with Gasteiger partial charge in [0.05, 0.1) is 0 Å². The van der Waals surface area contributed by atoms with Crippen LogP contribution in [-0.2, 0) is 0 Å². The van der Waals surface area contributed by atoms with Crippen molar-refractivity contribution in [2.75, 3.05) is 5.32 Å². The first-order valence-corrected chi connectivity index (χ1v) is 3.72. The summed E-state index contributed by atoms with van der Waals surface area (Å²) in [7, 11) is 0. The van der Waals surface area contributed by atoms with Gasteiger partial charge in [-0.25, -0.2) is 10.3 Å². The van der Waals surface area contributed by atoms with Crippen molar-refractivity contribution in [2.24, 2.45) is 0 Å². The van der Waals surface area contributed by atoms with Crippen LogP contribution in [0.5, 0.6) is 0 Å². The summed E-state index contributed by atoms with van der Waals surface area (Å²) in [6.07, 6.45) is 0. The first-order valence-electron chi connectivity index (χ1n) is 2.46. The second-order valence-corrected chi connectivity index (χ2v) is 3.16. The molecule has 11 heavy (non-hydrogen) atoms. The summed E-state index contributed by atoms with van der Waals surface area (Å²) in [6, 6.07) is -0.755. The quantitative estimate of drug-likeness (QED) is 0.223. The lowest BCUT2D eigenvalue weighted by Crippen LogP contribution is -2.24. The minimum atomic E-state index is -0.755. The van der Waals surface area contributed by atoms with E-state index in [-0.39, 0.29) is 5.13 Å². The zero-order valence-corrected chi connectivity index (χ0v) is 6.82. The topological polar surface area (TPSA) is 87.1 Å². The zero-order valence-electron chi connectivity index (χ0n) is 5.11. The third kappa shape index (κ3) is 2.33. The summed E-state index contributed by atoms with van der Waals surface area (Å²) < 4.78 is 0.443. The number of amides is 2. The average Bonchev–Trinajstić information content (AvgIpc) is 2.35. The van der Waals surface area contributed by atoms with E-state index in [1.54, 1.807) is 0 Å². The fourth-order valence-corrected chi connectivity index (χ4v) is 1.18. The van der Waals surface area contributed by atoms with Crippen LogP contribution >= 0.6 is 24.0 Å². The molecule has 60 valence electrons. The third-order valence-corrected chi connectivity index (χ3v) is 1.74. The van der Waals surface area contributed by atoms with Crippen molar-refractivity contribution >= 4 is 35.1 Å². The number of hydrogen-bond acceptors (Lipinski definition) is 6. The number of carbonyl (C=O) groups excluding carboxylic acids is 1. The van der Waals surface area contributed by atoms with Crippen LogP contribution in [-0.4, -0.2) is 21.4 Å². The number of anilines is 1. The van der Waals surface area contributed by atoms with Crippen LogP contribution in [0, 0.1) is 0 Å². The molecule has 0 aliphatic carbocycles. The molecule has 0 aliphatic rings. The summed E-state index contributed by atoms with van der Waals surface area (Å²) in [4.78, 5) is 10.4. The number of aromatic nitrogens is 2. The van der Waals surface area contributed by atoms with E-state index in [2.05, 4.69) is 28.1 Å². The van der Waals surface area contributed by atoms with E-state index in [1.807, 2.05) is 0 Å². The van der Waals surface area contributed by atoms with Gasteiger partial charge in [-0.2, -0.15) is 0 Å². The molecule has 0 aliphatic heterocycles. The molecule has 0 fully saturated rings. The largest absolute Gasteiger partial charge is 0.344 e. The van der Waals surface area contributed by atoms with Gasteiger partial charge in [0.2, 0.25) is 5.13 Å². The normalized spacial score (nSPS) is 9.27. The maximum atomic E-state index is 10.4. The molecule has 1 aromatic heterocycles. The van der Waals surface area contributed by atoms with Gasteiger partial charge in [0.1, 0.15) is 0 Å². The van der Waals surface area contributed by atoms with Gasteiger partial charge in [-0.05, 0) is 0 Å². The second kappa shape index (κ2) is 3.51. The maximum Gasteiger partial charge on any atom is 0.344 e. The Morgan fingerprint density at radius 2 is 2.36 bits per heavy atom. The molecule has 0 spiro atoms. The molecule has 0 aromatic carbocycles. The number of thiol groups is 1. The van der Waals surface area contributed by atoms with Crippen LogP contribution in [0.25, 0.3) is 0 Å². The highest BCUT2D eigenvalue weighted by Crippen LogP contribution is 2.17. The molecule has 1 heterocycles. The molecule has 0 saturated heterocycles. The summed E-state index contributed by atoms with van der Waals surface area (Å²) in [5.41, 5.74) is 1.39. The fraction of sp³-hybridized carbons (Fsp3) is 0. The smallest absolute Gasteiger partial charge is 0.287 e. The SMILES string of the molecule is O=C(NO)Nc1nnc(S)s1. The van der Waals surface area contributed by atoms with Crippen molar-refractivity contribution in [3.8, 4) is 0 Å². The number of carbonyl (C=O) groups is 1. The van der Waals surface area contributed by atoms with Gasteiger partial charge in [-0.3, -0.25) is 10.5 Å². The molecule has 8 heteroatoms. The monoisotopic (exact) mass is 192 g/mol. The highest BCUT2D eigenvalue weighted by molar-refractivity contribution is 7.82. The van der Waals surface area contributed by atoms with Gasteiger partial charge < -0.3 is 0 Å². The van der Waals surface area contributed by atoms with Crippen molar-refractivity contribution in [2.45, 2.75) is 4.34 Å². The molecule has 0 atom stereocenters. The van der Waals surface area contributed by atoms with Crippen LogP contribution in [0.3, 0.4) is 0 Å². The van der Waals surface area contributed by atoms with E-state index < -0.39 is 6.03 Å². The lowest BCUT2D eigenvalue weighted by molar-refractivity contribution is 0.172. The number of urea groups is 1. The molecule has 1 rings (SSSR count).